The lowest BCUT2D eigenvalue weighted by Crippen LogP contribution is -2.41. The van der Waals surface area contributed by atoms with E-state index in [-0.39, 0.29) is 11.2 Å². The third-order valence-electron chi connectivity index (χ3n) is 5.37. The summed E-state index contributed by atoms with van der Waals surface area (Å²) in [4.78, 5) is 6.49. The molecule has 0 aromatic carbocycles. The van der Waals surface area contributed by atoms with E-state index in [1.54, 1.807) is 6.20 Å². The maximum absolute atomic E-state index is 13.1. The highest BCUT2D eigenvalue weighted by atomic mass is 19.1. The molecule has 0 N–H and O–H groups in total. The van der Waals surface area contributed by atoms with Crippen LogP contribution in [0.4, 0.5) is 4.39 Å². The molecule has 0 spiro atoms. The Morgan fingerprint density at radius 2 is 2.00 bits per heavy atom. The molecule has 1 atom stereocenters. The second kappa shape index (κ2) is 7.21. The molecule has 0 aliphatic carbocycles. The van der Waals surface area contributed by atoms with Crippen molar-refractivity contribution in [3.63, 3.8) is 0 Å². The van der Waals surface area contributed by atoms with E-state index in [0.29, 0.717) is 25.5 Å². The fraction of sp³-hybridized carbons (Fsp3) is 0.722. The van der Waals surface area contributed by atoms with Gasteiger partial charge in [0.15, 0.2) is 0 Å². The lowest BCUT2D eigenvalue weighted by molar-refractivity contribution is 0.00578. The summed E-state index contributed by atoms with van der Waals surface area (Å²) in [6.45, 7) is 11.0. The number of hydrogen-bond donors (Lipinski definition) is 0. The molecule has 3 rings (SSSR count). The van der Waals surface area contributed by atoms with Crippen LogP contribution in [0.15, 0.2) is 18.3 Å². The van der Waals surface area contributed by atoms with Gasteiger partial charge in [-0.15, -0.1) is 0 Å². The first-order chi connectivity index (χ1) is 11.8. The quantitative estimate of drug-likeness (QED) is 0.581. The molecule has 25 heavy (non-hydrogen) atoms. The number of nitrogens with zero attached hydrogens (tertiary/aromatic N) is 2. The van der Waals surface area contributed by atoms with E-state index in [1.165, 1.54) is 0 Å². The van der Waals surface area contributed by atoms with E-state index in [4.69, 9.17) is 14.0 Å². The van der Waals surface area contributed by atoms with Gasteiger partial charge in [-0.1, -0.05) is 6.07 Å². The Morgan fingerprint density at radius 1 is 1.28 bits per heavy atom. The normalized spacial score (nSPS) is 25.5. The van der Waals surface area contributed by atoms with Crippen molar-refractivity contribution >= 4 is 12.6 Å². The van der Waals surface area contributed by atoms with Gasteiger partial charge in [-0.3, -0.25) is 0 Å². The van der Waals surface area contributed by atoms with Crippen molar-refractivity contribution in [2.75, 3.05) is 26.2 Å². The van der Waals surface area contributed by atoms with Crippen LogP contribution in [0.3, 0.4) is 0 Å². The lowest BCUT2D eigenvalue weighted by atomic mass is 9.80. The van der Waals surface area contributed by atoms with Crippen molar-refractivity contribution in [3.8, 4) is 5.88 Å². The summed E-state index contributed by atoms with van der Waals surface area (Å²) >= 11 is 0. The molecular weight excluding hydrogens is 322 g/mol. The second-order valence-electron chi connectivity index (χ2n) is 7.91. The summed E-state index contributed by atoms with van der Waals surface area (Å²) in [5.41, 5.74) is 0.166. The Kier molecular flexibility index (Phi) is 5.37. The molecule has 138 valence electrons. The van der Waals surface area contributed by atoms with E-state index in [9.17, 15) is 4.39 Å². The lowest BCUT2D eigenvalue weighted by Gasteiger charge is -2.32. The molecule has 0 bridgehead atoms. The topological polar surface area (TPSA) is 43.8 Å². The third kappa shape index (κ3) is 4.33. The number of aromatic nitrogens is 1. The number of rotatable bonds is 6. The van der Waals surface area contributed by atoms with Crippen LogP contribution in [0.25, 0.3) is 0 Å². The Morgan fingerprint density at radius 3 is 2.56 bits per heavy atom. The highest BCUT2D eigenvalue weighted by molar-refractivity contribution is 6.62. The maximum atomic E-state index is 13.1. The first kappa shape index (κ1) is 18.6. The van der Waals surface area contributed by atoms with Gasteiger partial charge in [-0.05, 0) is 46.6 Å². The van der Waals surface area contributed by atoms with E-state index in [2.05, 4.69) is 9.88 Å². The van der Waals surface area contributed by atoms with Gasteiger partial charge in [0.05, 0.1) is 17.8 Å². The Hall–Kier alpha value is -1.18. The molecule has 2 saturated heterocycles. The molecule has 3 heterocycles. The van der Waals surface area contributed by atoms with E-state index in [1.807, 2.05) is 39.8 Å². The molecule has 7 heteroatoms. The molecule has 0 saturated carbocycles. The van der Waals surface area contributed by atoms with Crippen LogP contribution < -0.4 is 10.2 Å². The second-order valence-corrected chi connectivity index (χ2v) is 7.91. The fourth-order valence-electron chi connectivity index (χ4n) is 3.05. The van der Waals surface area contributed by atoms with Crippen LogP contribution in [-0.4, -0.2) is 60.6 Å². The van der Waals surface area contributed by atoms with Crippen LogP contribution in [0.2, 0.25) is 0 Å². The van der Waals surface area contributed by atoms with Gasteiger partial charge in [-0.2, -0.15) is 0 Å². The minimum Gasteiger partial charge on any atom is -0.478 e. The molecule has 5 nitrogen and oxygen atoms in total. The van der Waals surface area contributed by atoms with Crippen LogP contribution in [0, 0.1) is 0 Å². The van der Waals surface area contributed by atoms with Gasteiger partial charge < -0.3 is 18.9 Å². The summed E-state index contributed by atoms with van der Waals surface area (Å²) in [7, 11) is -0.407. The van der Waals surface area contributed by atoms with Crippen molar-refractivity contribution in [3.05, 3.63) is 18.3 Å². The molecule has 2 aliphatic rings. The summed E-state index contributed by atoms with van der Waals surface area (Å²) < 4.78 is 30.8. The highest BCUT2D eigenvalue weighted by Gasteiger charge is 2.51. The molecule has 0 radical (unpaired) electrons. The Labute approximate surface area is 150 Å². The standard InChI is InChI=1S/C18H28BFN2O3/c1-17(2)18(3,4)25-19(24-17)14-6-7-16(21-12-14)23-11-5-9-22-10-8-15(20)13-22/h6-7,12,15H,5,8-11,13H2,1-4H3. The summed E-state index contributed by atoms with van der Waals surface area (Å²) in [5, 5.41) is 0. The van der Waals surface area contributed by atoms with Gasteiger partial charge in [0.1, 0.15) is 6.17 Å². The van der Waals surface area contributed by atoms with Gasteiger partial charge >= 0.3 is 7.12 Å². The molecule has 2 fully saturated rings. The SMILES string of the molecule is CC1(C)OB(c2ccc(OCCCN3CCC(F)C3)nc2)OC1(C)C. The zero-order valence-electron chi connectivity index (χ0n) is 15.6. The predicted octanol–water partition coefficient (Wildman–Crippen LogP) is 2.19. The van der Waals surface area contributed by atoms with E-state index < -0.39 is 13.3 Å². The van der Waals surface area contributed by atoms with Crippen LogP contribution in [-0.2, 0) is 9.31 Å². The summed E-state index contributed by atoms with van der Waals surface area (Å²) in [5.74, 6) is 0.588. The molecule has 1 aromatic heterocycles. The third-order valence-corrected chi connectivity index (χ3v) is 5.37. The monoisotopic (exact) mass is 350 g/mol. The molecule has 2 aliphatic heterocycles. The van der Waals surface area contributed by atoms with Crippen molar-refractivity contribution in [1.82, 2.24) is 9.88 Å². The first-order valence-electron chi connectivity index (χ1n) is 9.08. The Balaban J connectivity index is 1.45. The zero-order valence-corrected chi connectivity index (χ0v) is 15.6. The average molecular weight is 350 g/mol. The number of ether oxygens (including phenoxy) is 1. The van der Waals surface area contributed by atoms with Gasteiger partial charge in [0.25, 0.3) is 0 Å². The van der Waals surface area contributed by atoms with E-state index in [0.717, 1.165) is 25.0 Å². The highest BCUT2D eigenvalue weighted by Crippen LogP contribution is 2.36. The minimum absolute atomic E-state index is 0.360. The Bertz CT molecular complexity index is 566. The minimum atomic E-state index is -0.662. The van der Waals surface area contributed by atoms with E-state index >= 15 is 0 Å². The first-order valence-corrected chi connectivity index (χ1v) is 9.08. The fourth-order valence-corrected chi connectivity index (χ4v) is 3.05. The van der Waals surface area contributed by atoms with Gasteiger partial charge in [0, 0.05) is 31.3 Å². The zero-order chi connectivity index (χ0) is 18.1. The largest absolute Gasteiger partial charge is 0.496 e. The van der Waals surface area contributed by atoms with Crippen molar-refractivity contribution < 1.29 is 18.4 Å². The maximum Gasteiger partial charge on any atom is 0.496 e. The predicted molar refractivity (Wildman–Crippen MR) is 96.0 cm³/mol. The number of hydrogen-bond acceptors (Lipinski definition) is 5. The van der Waals surface area contributed by atoms with Gasteiger partial charge in [0.2, 0.25) is 5.88 Å². The molecule has 0 amide bonds. The van der Waals surface area contributed by atoms with Crippen molar-refractivity contribution in [2.45, 2.75) is 57.9 Å². The van der Waals surface area contributed by atoms with Crippen LogP contribution >= 0.6 is 0 Å². The van der Waals surface area contributed by atoms with Gasteiger partial charge in [-0.25, -0.2) is 9.37 Å². The van der Waals surface area contributed by atoms with Crippen LogP contribution in [0.5, 0.6) is 5.88 Å². The number of pyridine rings is 1. The van der Waals surface area contributed by atoms with Crippen molar-refractivity contribution in [2.24, 2.45) is 0 Å². The molecule has 1 unspecified atom stereocenters. The number of halogens is 1. The summed E-state index contributed by atoms with van der Waals surface area (Å²) in [6.07, 6.45) is 2.60. The molecular formula is C18H28BFN2O3. The average Bonchev–Trinajstić information content (AvgIpc) is 3.05. The number of likely N-dealkylation sites (tertiary alicyclic amines) is 1. The molecule has 1 aromatic rings. The van der Waals surface area contributed by atoms with Crippen LogP contribution in [0.1, 0.15) is 40.5 Å². The van der Waals surface area contributed by atoms with Crippen molar-refractivity contribution in [1.29, 1.82) is 0 Å². The summed E-state index contributed by atoms with van der Waals surface area (Å²) in [6, 6.07) is 3.77. The smallest absolute Gasteiger partial charge is 0.478 e. The number of alkyl halides is 1.